The van der Waals surface area contributed by atoms with Crippen LogP contribution >= 0.6 is 11.6 Å². The molecule has 1 aliphatic heterocycles. The van der Waals surface area contributed by atoms with Crippen molar-refractivity contribution in [3.8, 4) is 0 Å². The molecule has 0 aromatic carbocycles. The van der Waals surface area contributed by atoms with Gasteiger partial charge in [0.25, 0.3) is 0 Å². The quantitative estimate of drug-likeness (QED) is 0.835. The molecule has 1 aromatic rings. The van der Waals surface area contributed by atoms with Gasteiger partial charge in [-0.15, -0.1) is 0 Å². The number of hydrogen-bond donors (Lipinski definition) is 2. The number of hydrogen-bond acceptors (Lipinski definition) is 4. The van der Waals surface area contributed by atoms with E-state index < -0.39 is 5.41 Å². The lowest BCUT2D eigenvalue weighted by Gasteiger charge is -2.22. The first-order valence-corrected chi connectivity index (χ1v) is 7.97. The van der Waals surface area contributed by atoms with Crippen LogP contribution in [0.5, 0.6) is 0 Å². The van der Waals surface area contributed by atoms with E-state index in [0.717, 1.165) is 25.1 Å². The fourth-order valence-corrected chi connectivity index (χ4v) is 2.69. The minimum Gasteiger partial charge on any atom is -0.396 e. The molecule has 1 aliphatic rings. The predicted octanol–water partition coefficient (Wildman–Crippen LogP) is 2.53. The van der Waals surface area contributed by atoms with E-state index in [-0.39, 0.29) is 12.5 Å². The molecule has 1 amide bonds. The average Bonchev–Trinajstić information content (AvgIpc) is 2.89. The van der Waals surface area contributed by atoms with Crippen molar-refractivity contribution in [1.29, 1.82) is 0 Å². The van der Waals surface area contributed by atoms with E-state index in [1.54, 1.807) is 12.3 Å². The maximum atomic E-state index is 12.2. The number of likely N-dealkylation sites (tertiary alicyclic amines) is 1. The molecule has 0 spiro atoms. The van der Waals surface area contributed by atoms with Crippen molar-refractivity contribution >= 4 is 23.2 Å². The van der Waals surface area contributed by atoms with Crippen molar-refractivity contribution < 1.29 is 9.90 Å². The number of pyridine rings is 1. The number of anilines is 1. The van der Waals surface area contributed by atoms with Gasteiger partial charge in [-0.05, 0) is 24.9 Å². The van der Waals surface area contributed by atoms with Crippen LogP contribution in [-0.2, 0) is 11.3 Å². The first-order chi connectivity index (χ1) is 10.3. The molecule has 5 nitrogen and oxygen atoms in total. The fourth-order valence-electron chi connectivity index (χ4n) is 2.47. The molecular weight excluding hydrogens is 302 g/mol. The number of carbonyl (C=O) groups is 1. The van der Waals surface area contributed by atoms with E-state index in [9.17, 15) is 9.90 Å². The number of halogens is 1. The Bertz CT molecular complexity index is 543. The molecule has 0 saturated carbocycles. The summed E-state index contributed by atoms with van der Waals surface area (Å²) in [7, 11) is 0. The molecule has 0 bridgehead atoms. The fraction of sp³-hybridized carbons (Fsp3) is 0.625. The number of rotatable bonds is 4. The van der Waals surface area contributed by atoms with Gasteiger partial charge in [-0.25, -0.2) is 4.98 Å². The summed E-state index contributed by atoms with van der Waals surface area (Å²) in [6, 6.07) is 1.78. The topological polar surface area (TPSA) is 65.5 Å². The highest BCUT2D eigenvalue weighted by Gasteiger charge is 2.26. The third-order valence-electron chi connectivity index (χ3n) is 3.94. The smallest absolute Gasteiger partial charge is 0.229 e. The molecule has 1 atom stereocenters. The van der Waals surface area contributed by atoms with Gasteiger partial charge in [0, 0.05) is 42.6 Å². The summed E-state index contributed by atoms with van der Waals surface area (Å²) in [6.07, 6.45) is 2.59. The summed E-state index contributed by atoms with van der Waals surface area (Å²) in [5.74, 6) is 0.272. The van der Waals surface area contributed by atoms with E-state index in [1.807, 2.05) is 20.8 Å². The number of nitrogens with one attached hydrogen (secondary N) is 1. The van der Waals surface area contributed by atoms with Crippen molar-refractivity contribution in [2.45, 2.75) is 33.7 Å². The summed E-state index contributed by atoms with van der Waals surface area (Å²) >= 11 is 6.24. The molecule has 22 heavy (non-hydrogen) atoms. The van der Waals surface area contributed by atoms with Gasteiger partial charge >= 0.3 is 0 Å². The van der Waals surface area contributed by atoms with Gasteiger partial charge in [-0.2, -0.15) is 0 Å². The number of aliphatic hydroxyl groups excluding tert-OH is 1. The Morgan fingerprint density at radius 2 is 2.27 bits per heavy atom. The largest absolute Gasteiger partial charge is 0.396 e. The van der Waals surface area contributed by atoms with Gasteiger partial charge in [-0.3, -0.25) is 9.69 Å². The van der Waals surface area contributed by atoms with Gasteiger partial charge in [0.05, 0.1) is 0 Å². The van der Waals surface area contributed by atoms with Crippen LogP contribution in [0.2, 0.25) is 5.15 Å². The molecular formula is C16H24ClN3O2. The van der Waals surface area contributed by atoms with E-state index in [2.05, 4.69) is 15.2 Å². The molecule has 1 fully saturated rings. The van der Waals surface area contributed by atoms with Crippen molar-refractivity contribution in [2.75, 3.05) is 25.0 Å². The van der Waals surface area contributed by atoms with Gasteiger partial charge in [0.1, 0.15) is 5.15 Å². The van der Waals surface area contributed by atoms with Gasteiger partial charge < -0.3 is 10.4 Å². The van der Waals surface area contributed by atoms with E-state index >= 15 is 0 Å². The summed E-state index contributed by atoms with van der Waals surface area (Å²) < 4.78 is 0. The molecule has 2 N–H and O–H groups in total. The molecule has 1 saturated heterocycles. The Morgan fingerprint density at radius 3 is 2.86 bits per heavy atom. The van der Waals surface area contributed by atoms with Crippen molar-refractivity contribution in [3.05, 3.63) is 23.0 Å². The Balaban J connectivity index is 2.15. The SMILES string of the molecule is CC(C)(C)C(=O)Nc1ccnc(Cl)c1CN1CC[C@H](CO)C1. The van der Waals surface area contributed by atoms with E-state index in [1.165, 1.54) is 0 Å². The standard InChI is InChI=1S/C16H24ClN3O2/c1-16(2,3)15(22)19-13-4-6-18-14(17)12(13)9-20-7-5-11(8-20)10-21/h4,6,11,21H,5,7-10H2,1-3H3,(H,18,19,22)/t11-/m0/s1. The zero-order valence-electron chi connectivity index (χ0n) is 13.4. The van der Waals surface area contributed by atoms with Crippen LogP contribution in [0.25, 0.3) is 0 Å². The van der Waals surface area contributed by atoms with Crippen molar-refractivity contribution in [1.82, 2.24) is 9.88 Å². The maximum absolute atomic E-state index is 12.2. The van der Waals surface area contributed by atoms with Gasteiger partial charge in [-0.1, -0.05) is 32.4 Å². The van der Waals surface area contributed by atoms with Crippen molar-refractivity contribution in [2.24, 2.45) is 11.3 Å². The normalized spacial score (nSPS) is 19.4. The highest BCUT2D eigenvalue weighted by molar-refractivity contribution is 6.30. The zero-order valence-corrected chi connectivity index (χ0v) is 14.2. The average molecular weight is 326 g/mol. The third-order valence-corrected chi connectivity index (χ3v) is 4.27. The number of amides is 1. The Kier molecular flexibility index (Phi) is 5.42. The maximum Gasteiger partial charge on any atom is 0.229 e. The van der Waals surface area contributed by atoms with Crippen LogP contribution in [0.1, 0.15) is 32.8 Å². The van der Waals surface area contributed by atoms with E-state index in [4.69, 9.17) is 11.6 Å². The second-order valence-electron chi connectivity index (χ2n) is 6.90. The molecule has 2 rings (SSSR count). The van der Waals surface area contributed by atoms with Gasteiger partial charge in [0.15, 0.2) is 0 Å². The minimum atomic E-state index is -0.470. The Morgan fingerprint density at radius 1 is 1.55 bits per heavy atom. The van der Waals surface area contributed by atoms with Crippen LogP contribution in [0, 0.1) is 11.3 Å². The highest BCUT2D eigenvalue weighted by Crippen LogP contribution is 2.28. The van der Waals surface area contributed by atoms with Gasteiger partial charge in [0.2, 0.25) is 5.91 Å². The van der Waals surface area contributed by atoms with Crippen LogP contribution in [0.3, 0.4) is 0 Å². The number of nitrogens with zero attached hydrogens (tertiary/aromatic N) is 2. The third kappa shape index (κ3) is 4.18. The summed E-state index contributed by atoms with van der Waals surface area (Å²) in [5, 5.41) is 12.6. The Labute approximate surface area is 136 Å². The predicted molar refractivity (Wildman–Crippen MR) is 87.8 cm³/mol. The molecule has 2 heterocycles. The lowest BCUT2D eigenvalue weighted by Crippen LogP contribution is -2.29. The van der Waals surface area contributed by atoms with Crippen molar-refractivity contribution in [3.63, 3.8) is 0 Å². The number of carbonyl (C=O) groups excluding carboxylic acids is 1. The van der Waals surface area contributed by atoms with Crippen LogP contribution in [-0.4, -0.2) is 40.6 Å². The number of aromatic nitrogens is 1. The molecule has 0 unspecified atom stereocenters. The lowest BCUT2D eigenvalue weighted by molar-refractivity contribution is -0.123. The first-order valence-electron chi connectivity index (χ1n) is 7.59. The first kappa shape index (κ1) is 17.2. The highest BCUT2D eigenvalue weighted by atomic mass is 35.5. The second-order valence-corrected chi connectivity index (χ2v) is 7.26. The summed E-state index contributed by atoms with van der Waals surface area (Å²) in [5.41, 5.74) is 1.08. The molecule has 1 aromatic heterocycles. The lowest BCUT2D eigenvalue weighted by atomic mass is 9.95. The molecule has 0 radical (unpaired) electrons. The zero-order chi connectivity index (χ0) is 16.3. The molecule has 6 heteroatoms. The minimum absolute atomic E-state index is 0.0503. The number of aliphatic hydroxyl groups is 1. The second kappa shape index (κ2) is 6.94. The van der Waals surface area contributed by atoms with Crippen LogP contribution in [0.15, 0.2) is 12.3 Å². The monoisotopic (exact) mass is 325 g/mol. The van der Waals surface area contributed by atoms with Crippen LogP contribution in [0.4, 0.5) is 5.69 Å². The Hall–Kier alpha value is -1.17. The molecule has 0 aliphatic carbocycles. The summed E-state index contributed by atoms with van der Waals surface area (Å²) in [4.78, 5) is 18.6. The van der Waals surface area contributed by atoms with Crippen LogP contribution < -0.4 is 5.32 Å². The molecule has 122 valence electrons. The summed E-state index contributed by atoms with van der Waals surface area (Å²) in [6.45, 7) is 8.22. The van der Waals surface area contributed by atoms with E-state index in [0.29, 0.717) is 23.3 Å².